The third kappa shape index (κ3) is 2.92. The van der Waals surface area contributed by atoms with E-state index in [0.717, 1.165) is 5.56 Å². The molecular formula is C14H12N4OS. The molecule has 1 aromatic carbocycles. The van der Waals surface area contributed by atoms with Crippen molar-refractivity contribution in [2.24, 2.45) is 0 Å². The molecule has 0 saturated carbocycles. The van der Waals surface area contributed by atoms with Gasteiger partial charge < -0.3 is 5.32 Å². The Morgan fingerprint density at radius 1 is 1.30 bits per heavy atom. The minimum atomic E-state index is -0.217. The monoisotopic (exact) mass is 284 g/mol. The van der Waals surface area contributed by atoms with E-state index in [1.165, 1.54) is 11.3 Å². The van der Waals surface area contributed by atoms with Crippen LogP contribution in [0.25, 0.3) is 0 Å². The lowest BCUT2D eigenvalue weighted by atomic mass is 10.2. The molecule has 1 N–H and O–H groups in total. The summed E-state index contributed by atoms with van der Waals surface area (Å²) in [4.78, 5) is 15.8. The van der Waals surface area contributed by atoms with Gasteiger partial charge in [0.25, 0.3) is 5.91 Å². The first kappa shape index (κ1) is 12.6. The highest BCUT2D eigenvalue weighted by molar-refractivity contribution is 7.07. The number of benzene rings is 1. The molecule has 3 rings (SSSR count). The molecule has 0 unspecified atom stereocenters. The Morgan fingerprint density at radius 3 is 2.90 bits per heavy atom. The number of hydrogen-bond acceptors (Lipinski definition) is 4. The number of carbonyl (C=O) groups is 1. The lowest BCUT2D eigenvalue weighted by Crippen LogP contribution is -2.11. The van der Waals surface area contributed by atoms with Gasteiger partial charge in [-0.1, -0.05) is 30.3 Å². The van der Waals surface area contributed by atoms with Crippen LogP contribution in [-0.2, 0) is 6.54 Å². The molecule has 0 aliphatic carbocycles. The molecule has 6 heteroatoms. The van der Waals surface area contributed by atoms with E-state index in [2.05, 4.69) is 15.4 Å². The molecule has 0 radical (unpaired) electrons. The van der Waals surface area contributed by atoms with E-state index in [-0.39, 0.29) is 5.91 Å². The van der Waals surface area contributed by atoms with Gasteiger partial charge in [0, 0.05) is 11.6 Å². The average molecular weight is 284 g/mol. The quantitative estimate of drug-likeness (QED) is 0.801. The smallest absolute Gasteiger partial charge is 0.275 e. The zero-order valence-electron chi connectivity index (χ0n) is 10.6. The van der Waals surface area contributed by atoms with Crippen LogP contribution in [0.15, 0.2) is 53.6 Å². The fourth-order valence-electron chi connectivity index (χ4n) is 1.80. The number of rotatable bonds is 4. The summed E-state index contributed by atoms with van der Waals surface area (Å²) in [7, 11) is 0. The highest BCUT2D eigenvalue weighted by Gasteiger charge is 2.09. The largest absolute Gasteiger partial charge is 0.318 e. The number of nitrogens with one attached hydrogen (secondary N) is 1. The third-order valence-electron chi connectivity index (χ3n) is 2.74. The molecule has 0 atom stereocenters. The van der Waals surface area contributed by atoms with E-state index >= 15 is 0 Å². The van der Waals surface area contributed by atoms with E-state index in [1.54, 1.807) is 28.0 Å². The van der Waals surface area contributed by atoms with Crippen LogP contribution >= 0.6 is 11.3 Å². The lowest BCUT2D eigenvalue weighted by molar-refractivity contribution is 0.102. The van der Waals surface area contributed by atoms with Gasteiger partial charge in [-0.15, -0.1) is 11.3 Å². The van der Waals surface area contributed by atoms with Crippen molar-refractivity contribution in [1.82, 2.24) is 14.8 Å². The number of nitrogens with zero attached hydrogens (tertiary/aromatic N) is 3. The Morgan fingerprint density at radius 2 is 2.15 bits per heavy atom. The first-order valence-corrected chi connectivity index (χ1v) is 7.01. The minimum absolute atomic E-state index is 0.217. The van der Waals surface area contributed by atoms with Gasteiger partial charge in [0.1, 0.15) is 5.69 Å². The van der Waals surface area contributed by atoms with Gasteiger partial charge in [0.2, 0.25) is 0 Å². The molecule has 3 aromatic rings. The van der Waals surface area contributed by atoms with Crippen LogP contribution < -0.4 is 5.32 Å². The van der Waals surface area contributed by atoms with Gasteiger partial charge in [-0.25, -0.2) is 4.98 Å². The van der Waals surface area contributed by atoms with Gasteiger partial charge in [-0.3, -0.25) is 9.48 Å². The van der Waals surface area contributed by atoms with E-state index in [0.29, 0.717) is 17.9 Å². The summed E-state index contributed by atoms with van der Waals surface area (Å²) >= 11 is 1.39. The average Bonchev–Trinajstić information content (AvgIpc) is 3.11. The maximum atomic E-state index is 11.8. The van der Waals surface area contributed by atoms with Crippen molar-refractivity contribution in [2.75, 3.05) is 5.32 Å². The van der Waals surface area contributed by atoms with Crippen LogP contribution in [-0.4, -0.2) is 20.7 Å². The molecular weight excluding hydrogens is 272 g/mol. The molecule has 0 saturated heterocycles. The Kier molecular flexibility index (Phi) is 3.56. The van der Waals surface area contributed by atoms with Crippen molar-refractivity contribution in [1.29, 1.82) is 0 Å². The summed E-state index contributed by atoms with van der Waals surface area (Å²) in [6.45, 7) is 0.674. The van der Waals surface area contributed by atoms with Crippen LogP contribution in [0, 0.1) is 0 Å². The van der Waals surface area contributed by atoms with Crippen LogP contribution in [0.4, 0.5) is 5.69 Å². The fourth-order valence-corrected chi connectivity index (χ4v) is 2.34. The number of aromatic nitrogens is 3. The summed E-state index contributed by atoms with van der Waals surface area (Å²) in [5.41, 5.74) is 3.88. The second-order valence-corrected chi connectivity index (χ2v) is 4.96. The molecule has 5 nitrogen and oxygen atoms in total. The van der Waals surface area contributed by atoms with Gasteiger partial charge in [-0.05, 0) is 5.56 Å². The topological polar surface area (TPSA) is 59.8 Å². The molecule has 0 bridgehead atoms. The molecule has 0 aliphatic heterocycles. The lowest BCUT2D eigenvalue weighted by Gasteiger charge is -2.01. The van der Waals surface area contributed by atoms with Crippen molar-refractivity contribution < 1.29 is 4.79 Å². The van der Waals surface area contributed by atoms with E-state index in [1.807, 2.05) is 30.3 Å². The Balaban J connectivity index is 1.67. The number of hydrogen-bond donors (Lipinski definition) is 1. The molecule has 0 spiro atoms. The normalized spacial score (nSPS) is 10.4. The SMILES string of the molecule is O=C(Nc1cnn(Cc2ccccc2)c1)c1cscn1. The van der Waals surface area contributed by atoms with Gasteiger partial charge in [0.15, 0.2) is 0 Å². The van der Waals surface area contributed by atoms with Crippen molar-refractivity contribution in [3.05, 3.63) is 64.9 Å². The van der Waals surface area contributed by atoms with Crippen molar-refractivity contribution in [3.8, 4) is 0 Å². The number of carbonyl (C=O) groups excluding carboxylic acids is 1. The summed E-state index contributed by atoms with van der Waals surface area (Å²) in [5.74, 6) is -0.217. The first-order valence-electron chi connectivity index (χ1n) is 6.07. The van der Waals surface area contributed by atoms with E-state index in [4.69, 9.17) is 0 Å². The van der Waals surface area contributed by atoms with E-state index < -0.39 is 0 Å². The summed E-state index contributed by atoms with van der Waals surface area (Å²) in [6, 6.07) is 10.0. The zero-order valence-corrected chi connectivity index (χ0v) is 11.4. The molecule has 20 heavy (non-hydrogen) atoms. The highest BCUT2D eigenvalue weighted by atomic mass is 32.1. The predicted octanol–water partition coefficient (Wildman–Crippen LogP) is 2.64. The number of amides is 1. The first-order chi connectivity index (χ1) is 9.81. The molecule has 0 aliphatic rings. The summed E-state index contributed by atoms with van der Waals surface area (Å²) in [6.07, 6.45) is 3.43. The molecule has 1 amide bonds. The molecule has 2 heterocycles. The summed E-state index contributed by atoms with van der Waals surface area (Å²) in [5, 5.41) is 8.71. The Bertz CT molecular complexity index is 691. The Labute approximate surface area is 119 Å². The number of anilines is 1. The van der Waals surface area contributed by atoms with Gasteiger partial charge in [0.05, 0.1) is 23.9 Å². The molecule has 100 valence electrons. The molecule has 2 aromatic heterocycles. The van der Waals surface area contributed by atoms with Crippen LogP contribution in [0.3, 0.4) is 0 Å². The van der Waals surface area contributed by atoms with Crippen LogP contribution in [0.5, 0.6) is 0 Å². The van der Waals surface area contributed by atoms with E-state index in [9.17, 15) is 4.79 Å². The second kappa shape index (κ2) is 5.66. The summed E-state index contributed by atoms with van der Waals surface area (Å²) < 4.78 is 1.78. The second-order valence-electron chi connectivity index (χ2n) is 4.24. The van der Waals surface area contributed by atoms with Crippen molar-refractivity contribution in [3.63, 3.8) is 0 Å². The maximum Gasteiger partial charge on any atom is 0.275 e. The zero-order chi connectivity index (χ0) is 13.8. The van der Waals surface area contributed by atoms with Crippen LogP contribution in [0.2, 0.25) is 0 Å². The highest BCUT2D eigenvalue weighted by Crippen LogP contribution is 2.10. The standard InChI is InChI=1S/C14H12N4OS/c19-14(13-9-20-10-15-13)17-12-6-16-18(8-12)7-11-4-2-1-3-5-11/h1-6,8-10H,7H2,(H,17,19). The van der Waals surface area contributed by atoms with Gasteiger partial charge >= 0.3 is 0 Å². The minimum Gasteiger partial charge on any atom is -0.318 e. The third-order valence-corrected chi connectivity index (χ3v) is 3.33. The predicted molar refractivity (Wildman–Crippen MR) is 77.8 cm³/mol. The van der Waals surface area contributed by atoms with Crippen molar-refractivity contribution >= 4 is 22.9 Å². The maximum absolute atomic E-state index is 11.8. The number of thiazole rings is 1. The van der Waals surface area contributed by atoms with Gasteiger partial charge in [-0.2, -0.15) is 5.10 Å². The van der Waals surface area contributed by atoms with Crippen molar-refractivity contribution in [2.45, 2.75) is 6.54 Å². The molecule has 0 fully saturated rings. The fraction of sp³-hybridized carbons (Fsp3) is 0.0714. The van der Waals surface area contributed by atoms with Crippen LogP contribution in [0.1, 0.15) is 16.1 Å². The Hall–Kier alpha value is -2.47.